The zero-order valence-electron chi connectivity index (χ0n) is 12.5. The predicted octanol–water partition coefficient (Wildman–Crippen LogP) is 5.30. The van der Waals surface area contributed by atoms with Crippen molar-refractivity contribution in [1.82, 2.24) is 0 Å². The van der Waals surface area contributed by atoms with Gasteiger partial charge in [0.2, 0.25) is 0 Å². The number of hydrogen-bond acceptors (Lipinski definition) is 2. The molecule has 3 heteroatoms. The van der Waals surface area contributed by atoms with E-state index in [-0.39, 0.29) is 5.63 Å². The number of rotatable bonds is 7. The van der Waals surface area contributed by atoms with E-state index in [9.17, 15) is 4.79 Å². The average Bonchev–Trinajstić information content (AvgIpc) is 2.47. The fraction of sp³-hybridized carbons (Fsp3) is 0.389. The monoisotopic (exact) mass is 304 g/mol. The maximum atomic E-state index is 12.1. The van der Waals surface area contributed by atoms with Crippen molar-refractivity contribution in [2.24, 2.45) is 0 Å². The van der Waals surface area contributed by atoms with Crippen LogP contribution in [0.25, 0.3) is 10.8 Å². The van der Waals surface area contributed by atoms with Crippen molar-refractivity contribution in [2.45, 2.75) is 45.4 Å². The standard InChI is InChI=1S/C18H21ClO2/c1-3-5-6-7-9-17-14(8-4-2)16-12-13(19)10-11-15(16)18(20)21-17/h4,10-12H,2-3,5-9H2,1H3. The normalized spacial score (nSPS) is 11.0. The van der Waals surface area contributed by atoms with E-state index < -0.39 is 0 Å². The second kappa shape index (κ2) is 7.46. The number of benzene rings is 1. The van der Waals surface area contributed by atoms with E-state index in [0.29, 0.717) is 16.8 Å². The molecular formula is C18H21ClO2. The van der Waals surface area contributed by atoms with Crippen molar-refractivity contribution < 1.29 is 4.42 Å². The van der Waals surface area contributed by atoms with Crippen molar-refractivity contribution in [3.05, 3.63) is 57.6 Å². The summed E-state index contributed by atoms with van der Waals surface area (Å²) in [6, 6.07) is 5.30. The van der Waals surface area contributed by atoms with Crippen LogP contribution in [0.3, 0.4) is 0 Å². The van der Waals surface area contributed by atoms with Crippen LogP contribution in [-0.2, 0) is 12.8 Å². The highest BCUT2D eigenvalue weighted by Gasteiger charge is 2.13. The maximum Gasteiger partial charge on any atom is 0.343 e. The van der Waals surface area contributed by atoms with Crippen LogP contribution in [0.5, 0.6) is 0 Å². The number of hydrogen-bond donors (Lipinski definition) is 0. The van der Waals surface area contributed by atoms with Gasteiger partial charge in [0.25, 0.3) is 0 Å². The summed E-state index contributed by atoms with van der Waals surface area (Å²) >= 11 is 6.08. The third-order valence-electron chi connectivity index (χ3n) is 3.68. The van der Waals surface area contributed by atoms with Crippen LogP contribution in [0.4, 0.5) is 0 Å². The topological polar surface area (TPSA) is 30.2 Å². The molecule has 0 spiro atoms. The van der Waals surface area contributed by atoms with Gasteiger partial charge < -0.3 is 4.42 Å². The van der Waals surface area contributed by atoms with Crippen molar-refractivity contribution in [3.8, 4) is 0 Å². The average molecular weight is 305 g/mol. The third-order valence-corrected chi connectivity index (χ3v) is 3.92. The summed E-state index contributed by atoms with van der Waals surface area (Å²) < 4.78 is 5.55. The minimum Gasteiger partial charge on any atom is -0.427 e. The van der Waals surface area contributed by atoms with Crippen molar-refractivity contribution >= 4 is 22.4 Å². The van der Waals surface area contributed by atoms with E-state index in [0.717, 1.165) is 36.0 Å². The van der Waals surface area contributed by atoms with Crippen molar-refractivity contribution in [2.75, 3.05) is 0 Å². The molecule has 0 aliphatic heterocycles. The highest BCUT2D eigenvalue weighted by Crippen LogP contribution is 2.25. The van der Waals surface area contributed by atoms with Crippen molar-refractivity contribution in [1.29, 1.82) is 0 Å². The first-order valence-corrected chi connectivity index (χ1v) is 7.90. The van der Waals surface area contributed by atoms with Gasteiger partial charge in [-0.15, -0.1) is 6.58 Å². The molecule has 0 aliphatic carbocycles. The molecule has 0 fully saturated rings. The van der Waals surface area contributed by atoms with Gasteiger partial charge in [-0.1, -0.05) is 43.9 Å². The Kier molecular flexibility index (Phi) is 5.63. The molecule has 0 bridgehead atoms. The zero-order chi connectivity index (χ0) is 15.2. The molecule has 21 heavy (non-hydrogen) atoms. The molecule has 0 radical (unpaired) electrons. The Morgan fingerprint density at radius 3 is 2.76 bits per heavy atom. The first-order valence-electron chi connectivity index (χ1n) is 7.52. The molecule has 0 saturated heterocycles. The summed E-state index contributed by atoms with van der Waals surface area (Å²) in [4.78, 5) is 12.1. The first-order chi connectivity index (χ1) is 10.2. The lowest BCUT2D eigenvalue weighted by molar-refractivity contribution is 0.451. The SMILES string of the molecule is C=CCc1c(CCCCCC)oc(=O)c2ccc(Cl)cc12. The van der Waals surface area contributed by atoms with E-state index in [1.54, 1.807) is 12.1 Å². The van der Waals surface area contributed by atoms with Gasteiger partial charge in [-0.2, -0.15) is 0 Å². The van der Waals surface area contributed by atoms with E-state index in [1.165, 1.54) is 12.8 Å². The van der Waals surface area contributed by atoms with Crippen LogP contribution >= 0.6 is 11.6 Å². The Hall–Kier alpha value is -1.54. The van der Waals surface area contributed by atoms with Gasteiger partial charge in [0.05, 0.1) is 5.39 Å². The van der Waals surface area contributed by atoms with E-state index >= 15 is 0 Å². The molecule has 0 saturated carbocycles. The number of allylic oxidation sites excluding steroid dienone is 1. The molecule has 2 rings (SSSR count). The summed E-state index contributed by atoms with van der Waals surface area (Å²) in [5.74, 6) is 0.783. The lowest BCUT2D eigenvalue weighted by Gasteiger charge is -2.10. The lowest BCUT2D eigenvalue weighted by atomic mass is 9.99. The van der Waals surface area contributed by atoms with Gasteiger partial charge in [0, 0.05) is 17.0 Å². The van der Waals surface area contributed by atoms with Crippen molar-refractivity contribution in [3.63, 3.8) is 0 Å². The van der Waals surface area contributed by atoms with Gasteiger partial charge in [0.1, 0.15) is 5.76 Å². The summed E-state index contributed by atoms with van der Waals surface area (Å²) in [5, 5.41) is 2.12. The summed E-state index contributed by atoms with van der Waals surface area (Å²) in [5.41, 5.74) is 0.763. The smallest absolute Gasteiger partial charge is 0.343 e. The summed E-state index contributed by atoms with van der Waals surface area (Å²) in [6.07, 6.45) is 7.90. The van der Waals surface area contributed by atoms with Gasteiger partial charge >= 0.3 is 5.63 Å². The quantitative estimate of drug-likeness (QED) is 0.513. The predicted molar refractivity (Wildman–Crippen MR) is 89.2 cm³/mol. The molecular weight excluding hydrogens is 284 g/mol. The number of aryl methyl sites for hydroxylation is 1. The Balaban J connectivity index is 2.45. The molecule has 2 nitrogen and oxygen atoms in total. The van der Waals surface area contributed by atoms with Gasteiger partial charge in [0.15, 0.2) is 0 Å². The molecule has 0 atom stereocenters. The maximum absolute atomic E-state index is 12.1. The Morgan fingerprint density at radius 1 is 1.24 bits per heavy atom. The largest absolute Gasteiger partial charge is 0.427 e. The zero-order valence-corrected chi connectivity index (χ0v) is 13.2. The van der Waals surface area contributed by atoms with Crippen LogP contribution in [0.1, 0.15) is 43.9 Å². The minimum atomic E-state index is -0.278. The second-order valence-corrected chi connectivity index (χ2v) is 5.72. The van der Waals surface area contributed by atoms with E-state index in [4.69, 9.17) is 16.0 Å². The van der Waals surface area contributed by atoms with Crippen LogP contribution in [0.15, 0.2) is 40.1 Å². The Labute approximate surface area is 130 Å². The van der Waals surface area contributed by atoms with E-state index in [2.05, 4.69) is 13.5 Å². The van der Waals surface area contributed by atoms with Gasteiger partial charge in [-0.3, -0.25) is 0 Å². The molecule has 1 heterocycles. The number of unbranched alkanes of at least 4 members (excludes halogenated alkanes) is 3. The molecule has 1 aromatic carbocycles. The second-order valence-electron chi connectivity index (χ2n) is 5.28. The molecule has 1 aromatic heterocycles. The molecule has 2 aromatic rings. The highest BCUT2D eigenvalue weighted by atomic mass is 35.5. The molecule has 112 valence electrons. The highest BCUT2D eigenvalue weighted by molar-refractivity contribution is 6.31. The molecule has 0 unspecified atom stereocenters. The summed E-state index contributed by atoms with van der Waals surface area (Å²) in [7, 11) is 0. The number of fused-ring (bicyclic) bond motifs is 1. The van der Waals surface area contributed by atoms with Crippen LogP contribution in [0, 0.1) is 0 Å². The fourth-order valence-electron chi connectivity index (χ4n) is 2.61. The lowest BCUT2D eigenvalue weighted by Crippen LogP contribution is -2.07. The first kappa shape index (κ1) is 15.8. The van der Waals surface area contributed by atoms with Crippen LogP contribution in [0.2, 0.25) is 5.02 Å². The van der Waals surface area contributed by atoms with Crippen LogP contribution in [-0.4, -0.2) is 0 Å². The van der Waals surface area contributed by atoms with Gasteiger partial charge in [-0.05, 0) is 36.4 Å². The molecule has 0 aliphatic rings. The minimum absolute atomic E-state index is 0.278. The third kappa shape index (κ3) is 3.76. The Bertz CT molecular complexity index is 685. The molecule has 0 N–H and O–H groups in total. The molecule has 0 amide bonds. The van der Waals surface area contributed by atoms with Crippen LogP contribution < -0.4 is 5.63 Å². The van der Waals surface area contributed by atoms with Gasteiger partial charge in [-0.25, -0.2) is 4.79 Å². The number of halogens is 1. The van der Waals surface area contributed by atoms with E-state index in [1.807, 2.05) is 12.1 Å². The Morgan fingerprint density at radius 2 is 2.05 bits per heavy atom. The summed E-state index contributed by atoms with van der Waals surface area (Å²) in [6.45, 7) is 5.99. The fourth-order valence-corrected chi connectivity index (χ4v) is 2.78.